The minimum atomic E-state index is -0.237. The zero-order chi connectivity index (χ0) is 23.2. The van der Waals surface area contributed by atoms with Crippen molar-refractivity contribution in [1.82, 2.24) is 14.9 Å². The molecule has 0 aliphatic carbocycles. The van der Waals surface area contributed by atoms with Crippen molar-refractivity contribution in [2.45, 2.75) is 39.3 Å². The van der Waals surface area contributed by atoms with Crippen LogP contribution in [0.3, 0.4) is 0 Å². The van der Waals surface area contributed by atoms with Gasteiger partial charge in [-0.3, -0.25) is 9.59 Å². The fourth-order valence-electron chi connectivity index (χ4n) is 3.97. The van der Waals surface area contributed by atoms with Crippen LogP contribution in [0.15, 0.2) is 77.4 Å². The number of carbonyl (C=O) groups is 2. The number of anilines is 1. The van der Waals surface area contributed by atoms with E-state index < -0.39 is 0 Å². The second-order valence-corrected chi connectivity index (χ2v) is 8.13. The molecule has 0 aliphatic heterocycles. The lowest BCUT2D eigenvalue weighted by atomic mass is 10.2. The lowest BCUT2D eigenvalue weighted by Gasteiger charge is -2.27. The summed E-state index contributed by atoms with van der Waals surface area (Å²) in [7, 11) is 0. The van der Waals surface area contributed by atoms with Gasteiger partial charge in [0.15, 0.2) is 5.76 Å². The van der Waals surface area contributed by atoms with E-state index in [0.29, 0.717) is 25.1 Å². The summed E-state index contributed by atoms with van der Waals surface area (Å²) in [5.41, 5.74) is 2.66. The van der Waals surface area contributed by atoms with E-state index in [2.05, 4.69) is 5.32 Å². The van der Waals surface area contributed by atoms with Crippen LogP contribution >= 0.6 is 0 Å². The fraction of sp³-hybridized carbons (Fsp3) is 0.269. The zero-order valence-corrected chi connectivity index (χ0v) is 18.9. The number of carbonyl (C=O) groups excluding carboxylic acids is 2. The van der Waals surface area contributed by atoms with E-state index >= 15 is 0 Å². The molecule has 2 amide bonds. The second-order valence-electron chi connectivity index (χ2n) is 8.13. The predicted molar refractivity (Wildman–Crippen MR) is 128 cm³/mol. The lowest BCUT2D eigenvalue weighted by molar-refractivity contribution is -0.119. The van der Waals surface area contributed by atoms with Gasteiger partial charge < -0.3 is 19.2 Å². The molecule has 0 fully saturated rings. The molecule has 0 saturated heterocycles. The summed E-state index contributed by atoms with van der Waals surface area (Å²) in [6, 6.07) is 20.9. The van der Waals surface area contributed by atoms with Crippen LogP contribution in [-0.4, -0.2) is 34.0 Å². The molecule has 0 bridgehead atoms. The maximum absolute atomic E-state index is 13.4. The van der Waals surface area contributed by atoms with Crippen molar-refractivity contribution in [1.29, 1.82) is 0 Å². The molecule has 7 heteroatoms. The van der Waals surface area contributed by atoms with Crippen LogP contribution in [-0.2, 0) is 17.8 Å². The number of benzene rings is 2. The molecule has 0 unspecified atom stereocenters. The number of fused-ring (bicyclic) bond motifs is 1. The molecule has 170 valence electrons. The Labute approximate surface area is 193 Å². The highest BCUT2D eigenvalue weighted by Crippen LogP contribution is 2.21. The zero-order valence-electron chi connectivity index (χ0n) is 18.9. The first-order valence-electron chi connectivity index (χ1n) is 11.2. The number of amides is 2. The molecule has 1 N–H and O–H groups in total. The fourth-order valence-corrected chi connectivity index (χ4v) is 3.97. The Bertz CT molecular complexity index is 1210. The molecular weight excluding hydrogens is 416 g/mol. The summed E-state index contributed by atoms with van der Waals surface area (Å²) in [4.78, 5) is 32.1. The van der Waals surface area contributed by atoms with Crippen LogP contribution < -0.4 is 10.2 Å². The summed E-state index contributed by atoms with van der Waals surface area (Å²) in [5, 5.41) is 2.86. The molecule has 2 aromatic heterocycles. The maximum Gasteiger partial charge on any atom is 0.286 e. The summed E-state index contributed by atoms with van der Waals surface area (Å²) >= 11 is 0. The Hall–Kier alpha value is -3.87. The monoisotopic (exact) mass is 444 g/mol. The van der Waals surface area contributed by atoms with Crippen molar-refractivity contribution < 1.29 is 14.0 Å². The smallest absolute Gasteiger partial charge is 0.286 e. The van der Waals surface area contributed by atoms with Gasteiger partial charge in [0.05, 0.1) is 17.3 Å². The molecule has 33 heavy (non-hydrogen) atoms. The number of hydrogen-bond donors (Lipinski definition) is 1. The van der Waals surface area contributed by atoms with E-state index in [1.54, 1.807) is 12.1 Å². The molecular formula is C26H28N4O3. The summed E-state index contributed by atoms with van der Waals surface area (Å²) in [5.74, 6) is 0.891. The Morgan fingerprint density at radius 2 is 1.79 bits per heavy atom. The Morgan fingerprint density at radius 1 is 1.03 bits per heavy atom. The number of para-hydroxylation sites is 3. The van der Waals surface area contributed by atoms with E-state index in [1.807, 2.05) is 77.9 Å². The molecule has 0 atom stereocenters. The Balaban J connectivity index is 1.50. The number of rotatable bonds is 9. The number of nitrogens with zero attached hydrogens (tertiary/aromatic N) is 3. The number of nitrogens with one attached hydrogen (secondary N) is 1. The molecule has 0 spiro atoms. The predicted octanol–water partition coefficient (Wildman–Crippen LogP) is 4.43. The molecule has 7 nitrogen and oxygen atoms in total. The third-order valence-corrected chi connectivity index (χ3v) is 5.45. The van der Waals surface area contributed by atoms with Crippen molar-refractivity contribution >= 4 is 28.5 Å². The van der Waals surface area contributed by atoms with Gasteiger partial charge in [0.1, 0.15) is 12.4 Å². The highest BCUT2D eigenvalue weighted by molar-refractivity contribution is 5.94. The van der Waals surface area contributed by atoms with Gasteiger partial charge in [0.25, 0.3) is 5.91 Å². The molecule has 0 aliphatic rings. The number of aromatic nitrogens is 2. The van der Waals surface area contributed by atoms with Crippen molar-refractivity contribution in [3.8, 4) is 0 Å². The van der Waals surface area contributed by atoms with Crippen LogP contribution in [0.4, 0.5) is 5.69 Å². The van der Waals surface area contributed by atoms with Gasteiger partial charge in [-0.15, -0.1) is 0 Å². The van der Waals surface area contributed by atoms with E-state index in [1.165, 1.54) is 6.26 Å². The lowest BCUT2D eigenvalue weighted by Crippen LogP contribution is -2.39. The molecule has 2 aromatic carbocycles. The van der Waals surface area contributed by atoms with Gasteiger partial charge in [-0.1, -0.05) is 30.3 Å². The van der Waals surface area contributed by atoms with Gasteiger partial charge in [-0.2, -0.15) is 0 Å². The highest BCUT2D eigenvalue weighted by Gasteiger charge is 2.21. The average Bonchev–Trinajstić information content (AvgIpc) is 3.46. The van der Waals surface area contributed by atoms with E-state index in [-0.39, 0.29) is 24.4 Å². The largest absolute Gasteiger partial charge is 0.459 e. The van der Waals surface area contributed by atoms with Crippen molar-refractivity contribution in [3.63, 3.8) is 0 Å². The quantitative estimate of drug-likeness (QED) is 0.387. The third kappa shape index (κ3) is 5.14. The first-order valence-corrected chi connectivity index (χ1v) is 11.2. The highest BCUT2D eigenvalue weighted by atomic mass is 16.3. The summed E-state index contributed by atoms with van der Waals surface area (Å²) < 4.78 is 7.11. The average molecular weight is 445 g/mol. The van der Waals surface area contributed by atoms with Crippen molar-refractivity contribution in [2.75, 3.05) is 11.4 Å². The Morgan fingerprint density at radius 3 is 2.52 bits per heavy atom. The summed E-state index contributed by atoms with van der Waals surface area (Å²) in [6.07, 6.45) is 2.80. The number of aryl methyl sites for hydroxylation is 1. The molecule has 2 heterocycles. The molecule has 4 rings (SSSR count). The van der Waals surface area contributed by atoms with Gasteiger partial charge in [-0.05, 0) is 56.7 Å². The molecule has 4 aromatic rings. The standard InChI is InChI=1S/C26H28N4O3/c1-19(2)30(20-10-4-3-5-11-20)25(31)18-29-22-13-7-6-12-21(22)28-24(29)15-8-16-27-26(32)23-14-9-17-33-23/h3-7,9-14,17,19H,8,15-16,18H2,1-2H3,(H,27,32). The maximum atomic E-state index is 13.4. The number of imidazole rings is 1. The van der Waals surface area contributed by atoms with Gasteiger partial charge in [-0.25, -0.2) is 4.98 Å². The van der Waals surface area contributed by atoms with Crippen LogP contribution in [0.2, 0.25) is 0 Å². The van der Waals surface area contributed by atoms with Crippen molar-refractivity contribution in [2.24, 2.45) is 0 Å². The topological polar surface area (TPSA) is 80.4 Å². The van der Waals surface area contributed by atoms with Gasteiger partial charge in [0, 0.05) is 24.7 Å². The molecule has 0 radical (unpaired) electrons. The minimum Gasteiger partial charge on any atom is -0.459 e. The number of hydrogen-bond acceptors (Lipinski definition) is 4. The van der Waals surface area contributed by atoms with Crippen LogP contribution in [0.25, 0.3) is 11.0 Å². The minimum absolute atomic E-state index is 0.00623. The van der Waals surface area contributed by atoms with E-state index in [9.17, 15) is 9.59 Å². The van der Waals surface area contributed by atoms with Gasteiger partial charge >= 0.3 is 0 Å². The van der Waals surface area contributed by atoms with E-state index in [0.717, 1.165) is 22.5 Å². The Kier molecular flexibility index (Phi) is 6.88. The second kappa shape index (κ2) is 10.2. The third-order valence-electron chi connectivity index (χ3n) is 5.45. The normalized spacial score (nSPS) is 11.1. The van der Waals surface area contributed by atoms with Crippen molar-refractivity contribution in [3.05, 3.63) is 84.6 Å². The van der Waals surface area contributed by atoms with Crippen LogP contribution in [0.5, 0.6) is 0 Å². The first kappa shape index (κ1) is 22.3. The van der Waals surface area contributed by atoms with Crippen LogP contribution in [0, 0.1) is 0 Å². The first-order chi connectivity index (χ1) is 16.0. The summed E-state index contributed by atoms with van der Waals surface area (Å²) in [6.45, 7) is 4.71. The molecule has 0 saturated carbocycles. The van der Waals surface area contributed by atoms with Crippen LogP contribution in [0.1, 0.15) is 36.6 Å². The van der Waals surface area contributed by atoms with E-state index in [4.69, 9.17) is 9.40 Å². The van der Waals surface area contributed by atoms with Gasteiger partial charge in [0.2, 0.25) is 5.91 Å². The SMILES string of the molecule is CC(C)N(C(=O)Cn1c(CCCNC(=O)c2ccco2)nc2ccccc21)c1ccccc1. The number of furan rings is 1.